The molecular weight excluding hydrogens is 430 g/mol. The lowest BCUT2D eigenvalue weighted by atomic mass is 9.99. The van der Waals surface area contributed by atoms with Gasteiger partial charge in [-0.1, -0.05) is 42.5 Å². The topological polar surface area (TPSA) is 93.9 Å². The van der Waals surface area contributed by atoms with Crippen LogP contribution in [0.3, 0.4) is 0 Å². The Morgan fingerprint density at radius 2 is 1.47 bits per heavy atom. The van der Waals surface area contributed by atoms with E-state index in [1.807, 2.05) is 85.8 Å². The van der Waals surface area contributed by atoms with E-state index in [0.717, 1.165) is 22.6 Å². The van der Waals surface area contributed by atoms with Gasteiger partial charge in [-0.3, -0.25) is 9.59 Å². The number of hydrogen-bond acceptors (Lipinski definition) is 5. The van der Waals surface area contributed by atoms with Gasteiger partial charge in [0.1, 0.15) is 29.3 Å². The molecular formula is C27H29N3O4. The first kappa shape index (κ1) is 23.3. The predicted molar refractivity (Wildman–Crippen MR) is 130 cm³/mol. The molecule has 7 heteroatoms. The van der Waals surface area contributed by atoms with E-state index < -0.39 is 12.1 Å². The molecule has 3 N–H and O–H groups in total. The number of rotatable bonds is 9. The summed E-state index contributed by atoms with van der Waals surface area (Å²) in [4.78, 5) is 27.7. The number of benzene rings is 3. The zero-order chi connectivity index (χ0) is 23.9. The lowest BCUT2D eigenvalue weighted by Crippen LogP contribution is -2.65. The van der Waals surface area contributed by atoms with Crippen LogP contribution in [0.25, 0.3) is 0 Å². The van der Waals surface area contributed by atoms with Crippen molar-refractivity contribution in [3.05, 3.63) is 90.0 Å². The third-order valence-corrected chi connectivity index (χ3v) is 5.73. The molecule has 34 heavy (non-hydrogen) atoms. The van der Waals surface area contributed by atoms with Crippen LogP contribution in [0.15, 0.2) is 78.9 Å². The fourth-order valence-electron chi connectivity index (χ4n) is 3.99. The minimum absolute atomic E-state index is 0.0581. The molecule has 2 amide bonds. The van der Waals surface area contributed by atoms with Crippen molar-refractivity contribution in [2.75, 3.05) is 13.2 Å². The lowest BCUT2D eigenvalue weighted by molar-refractivity contribution is -0.149. The van der Waals surface area contributed by atoms with Crippen LogP contribution in [0.5, 0.6) is 17.2 Å². The van der Waals surface area contributed by atoms with Gasteiger partial charge in [-0.2, -0.15) is 0 Å². The normalized spacial score (nSPS) is 17.9. The van der Waals surface area contributed by atoms with Gasteiger partial charge in [-0.15, -0.1) is 0 Å². The number of nitrogens with two attached hydrogens (primary N) is 1. The number of carbonyl (C=O) groups is 2. The van der Waals surface area contributed by atoms with E-state index in [1.54, 1.807) is 4.90 Å². The molecule has 0 spiro atoms. The van der Waals surface area contributed by atoms with Crippen LogP contribution in [-0.4, -0.2) is 41.9 Å². The number of hydrogen-bond donors (Lipinski definition) is 2. The maximum absolute atomic E-state index is 13.3. The van der Waals surface area contributed by atoms with Crippen molar-refractivity contribution in [3.63, 3.8) is 0 Å². The summed E-state index contributed by atoms with van der Waals surface area (Å²) in [5.74, 6) is 1.84. The highest BCUT2D eigenvalue weighted by molar-refractivity contribution is 5.97. The minimum Gasteiger partial charge on any atom is -0.494 e. The molecule has 3 aromatic carbocycles. The van der Waals surface area contributed by atoms with E-state index in [1.165, 1.54) is 0 Å². The Hall–Kier alpha value is -3.84. The summed E-state index contributed by atoms with van der Waals surface area (Å²) in [5.41, 5.74) is 7.70. The summed E-state index contributed by atoms with van der Waals surface area (Å²) in [7, 11) is 0. The molecule has 0 aliphatic carbocycles. The third-order valence-electron chi connectivity index (χ3n) is 5.73. The Morgan fingerprint density at radius 3 is 2.12 bits per heavy atom. The van der Waals surface area contributed by atoms with Crippen molar-refractivity contribution in [2.24, 2.45) is 5.73 Å². The van der Waals surface area contributed by atoms with Gasteiger partial charge in [0.05, 0.1) is 6.61 Å². The summed E-state index contributed by atoms with van der Waals surface area (Å²) < 4.78 is 11.3. The molecule has 1 saturated heterocycles. The van der Waals surface area contributed by atoms with Gasteiger partial charge in [0.25, 0.3) is 0 Å². The van der Waals surface area contributed by atoms with Crippen molar-refractivity contribution in [1.29, 1.82) is 0 Å². The molecule has 7 nitrogen and oxygen atoms in total. The number of carbonyl (C=O) groups excluding carboxylic acids is 2. The molecule has 1 aliphatic rings. The maximum atomic E-state index is 13.3. The van der Waals surface area contributed by atoms with E-state index in [9.17, 15) is 9.59 Å². The van der Waals surface area contributed by atoms with E-state index >= 15 is 0 Å². The fraction of sp³-hybridized carbons (Fsp3) is 0.259. The summed E-state index contributed by atoms with van der Waals surface area (Å²) in [6.45, 7) is 2.86. The zero-order valence-corrected chi connectivity index (χ0v) is 19.1. The smallest absolute Gasteiger partial charge is 0.246 e. The Kier molecular flexibility index (Phi) is 7.44. The Morgan fingerprint density at radius 1 is 0.853 bits per heavy atom. The van der Waals surface area contributed by atoms with Gasteiger partial charge >= 0.3 is 0 Å². The molecule has 0 unspecified atom stereocenters. The SMILES string of the molecule is CCOc1ccc(C[C@@H]2NC(=O)[C@H](CN)N(Cc3ccc(Oc4ccccc4)cc3)C2=O)cc1. The van der Waals surface area contributed by atoms with Crippen molar-refractivity contribution in [1.82, 2.24) is 10.2 Å². The number of amides is 2. The van der Waals surface area contributed by atoms with E-state index in [0.29, 0.717) is 25.3 Å². The Bertz CT molecular complexity index is 1100. The van der Waals surface area contributed by atoms with Gasteiger partial charge in [-0.05, 0) is 54.4 Å². The highest BCUT2D eigenvalue weighted by atomic mass is 16.5. The van der Waals surface area contributed by atoms with Gasteiger partial charge in [-0.25, -0.2) is 0 Å². The molecule has 1 fully saturated rings. The summed E-state index contributed by atoms with van der Waals surface area (Å²) >= 11 is 0. The Labute approximate surface area is 199 Å². The zero-order valence-electron chi connectivity index (χ0n) is 19.1. The maximum Gasteiger partial charge on any atom is 0.246 e. The number of nitrogens with zero attached hydrogens (tertiary/aromatic N) is 1. The molecule has 2 atom stereocenters. The molecule has 0 aromatic heterocycles. The first-order valence-corrected chi connectivity index (χ1v) is 11.4. The van der Waals surface area contributed by atoms with Crippen LogP contribution in [-0.2, 0) is 22.6 Å². The van der Waals surface area contributed by atoms with Crippen LogP contribution in [0, 0.1) is 0 Å². The van der Waals surface area contributed by atoms with Gasteiger partial charge in [0.2, 0.25) is 11.8 Å². The van der Waals surface area contributed by atoms with Crippen molar-refractivity contribution in [3.8, 4) is 17.2 Å². The molecule has 4 rings (SSSR count). The number of nitrogens with one attached hydrogen (secondary N) is 1. The second kappa shape index (κ2) is 10.9. The van der Waals surface area contributed by atoms with Crippen LogP contribution in [0.2, 0.25) is 0 Å². The van der Waals surface area contributed by atoms with Gasteiger partial charge in [0.15, 0.2) is 0 Å². The van der Waals surface area contributed by atoms with Crippen LogP contribution in [0.1, 0.15) is 18.1 Å². The highest BCUT2D eigenvalue weighted by Gasteiger charge is 2.39. The average Bonchev–Trinajstić information content (AvgIpc) is 2.85. The van der Waals surface area contributed by atoms with Gasteiger partial charge in [0, 0.05) is 19.5 Å². The second-order valence-corrected chi connectivity index (χ2v) is 8.12. The number of para-hydroxylation sites is 1. The molecule has 0 saturated carbocycles. The molecule has 0 radical (unpaired) electrons. The second-order valence-electron chi connectivity index (χ2n) is 8.12. The molecule has 1 heterocycles. The first-order chi connectivity index (χ1) is 16.6. The minimum atomic E-state index is -0.704. The highest BCUT2D eigenvalue weighted by Crippen LogP contribution is 2.23. The summed E-state index contributed by atoms with van der Waals surface area (Å²) in [6, 6.07) is 23.2. The Balaban J connectivity index is 1.45. The standard InChI is InChI=1S/C27H29N3O4/c1-2-33-21-12-8-19(9-13-21)16-24-27(32)30(25(17-28)26(31)29-24)18-20-10-14-23(15-11-20)34-22-6-4-3-5-7-22/h3-15,24-25H,2,16-18,28H2,1H3,(H,29,31)/t24-,25-/m0/s1. The van der Waals surface area contributed by atoms with Crippen LogP contribution in [0.4, 0.5) is 0 Å². The molecule has 0 bridgehead atoms. The monoisotopic (exact) mass is 459 g/mol. The number of piperazine rings is 1. The van der Waals surface area contributed by atoms with E-state index in [2.05, 4.69) is 5.32 Å². The van der Waals surface area contributed by atoms with E-state index in [4.69, 9.17) is 15.2 Å². The molecule has 1 aliphatic heterocycles. The lowest BCUT2D eigenvalue weighted by Gasteiger charge is -2.38. The van der Waals surface area contributed by atoms with Crippen LogP contribution >= 0.6 is 0 Å². The van der Waals surface area contributed by atoms with E-state index in [-0.39, 0.29) is 18.4 Å². The quantitative estimate of drug-likeness (QED) is 0.512. The third kappa shape index (κ3) is 5.55. The predicted octanol–water partition coefficient (Wildman–Crippen LogP) is 3.27. The number of ether oxygens (including phenoxy) is 2. The van der Waals surface area contributed by atoms with Crippen molar-refractivity contribution in [2.45, 2.75) is 32.0 Å². The van der Waals surface area contributed by atoms with Crippen molar-refractivity contribution < 1.29 is 19.1 Å². The van der Waals surface area contributed by atoms with Crippen LogP contribution < -0.4 is 20.5 Å². The van der Waals surface area contributed by atoms with Crippen molar-refractivity contribution >= 4 is 11.8 Å². The van der Waals surface area contributed by atoms with Gasteiger partial charge < -0.3 is 25.4 Å². The molecule has 3 aromatic rings. The summed E-state index contributed by atoms with van der Waals surface area (Å²) in [6.07, 6.45) is 0.397. The average molecular weight is 460 g/mol. The molecule has 176 valence electrons. The largest absolute Gasteiger partial charge is 0.494 e. The first-order valence-electron chi connectivity index (χ1n) is 11.4. The summed E-state index contributed by atoms with van der Waals surface area (Å²) in [5, 5.41) is 2.85. The fourth-order valence-corrected chi connectivity index (χ4v) is 3.99.